The number of non-ortho nitro benzene ring substituents is 1. The van der Waals surface area contributed by atoms with E-state index in [1.807, 2.05) is 0 Å². The van der Waals surface area contributed by atoms with Crippen LogP contribution in [-0.2, 0) is 6.54 Å². The number of benzene rings is 1. The van der Waals surface area contributed by atoms with Crippen LogP contribution in [0.5, 0.6) is 5.88 Å². The third-order valence-electron chi connectivity index (χ3n) is 3.70. The van der Waals surface area contributed by atoms with E-state index in [1.54, 1.807) is 6.07 Å². The Kier molecular flexibility index (Phi) is 5.60. The van der Waals surface area contributed by atoms with Crippen LogP contribution >= 0.6 is 0 Å². The third kappa shape index (κ3) is 3.58. The SMILES string of the molecule is C=CCn1c(O)c(C#N)c(C)c(N=Nc2ccc([N+](=O)[O-])cc2[N+](=O)[O-])c1=O. The number of nitro groups is 2. The minimum Gasteiger partial charge on any atom is -0.493 e. The molecule has 1 heterocycles. The minimum atomic E-state index is -0.873. The average molecular weight is 384 g/mol. The standard InChI is InChI=1S/C16H12N6O6/c1-3-6-20-15(23)11(8-17)9(2)14(16(20)24)19-18-12-5-4-10(21(25)26)7-13(12)22(27)28/h3-5,7,23H,1,6H2,2H3. The number of hydrogen-bond donors (Lipinski definition) is 1. The first kappa shape index (κ1) is 19.9. The summed E-state index contributed by atoms with van der Waals surface area (Å²) in [5, 5.41) is 48.6. The van der Waals surface area contributed by atoms with E-state index in [1.165, 1.54) is 13.0 Å². The molecular formula is C16H12N6O6. The molecule has 0 spiro atoms. The van der Waals surface area contributed by atoms with Gasteiger partial charge in [0.1, 0.15) is 11.6 Å². The monoisotopic (exact) mass is 384 g/mol. The Bertz CT molecular complexity index is 1130. The van der Waals surface area contributed by atoms with Crippen molar-refractivity contribution in [2.45, 2.75) is 13.5 Å². The Morgan fingerprint density at radius 2 is 2.00 bits per heavy atom. The van der Waals surface area contributed by atoms with Gasteiger partial charge in [-0.1, -0.05) is 6.08 Å². The van der Waals surface area contributed by atoms with Gasteiger partial charge in [0.05, 0.1) is 15.9 Å². The molecule has 2 rings (SSSR count). The van der Waals surface area contributed by atoms with Crippen molar-refractivity contribution in [2.24, 2.45) is 10.2 Å². The summed E-state index contributed by atoms with van der Waals surface area (Å²) in [6, 6.07) is 4.48. The Labute approximate surface area is 156 Å². The van der Waals surface area contributed by atoms with Gasteiger partial charge in [0, 0.05) is 18.2 Å². The number of nitriles is 1. The van der Waals surface area contributed by atoms with Crippen LogP contribution in [0.2, 0.25) is 0 Å². The summed E-state index contributed by atoms with van der Waals surface area (Å²) in [5.74, 6) is -0.565. The summed E-state index contributed by atoms with van der Waals surface area (Å²) in [6.07, 6.45) is 1.32. The van der Waals surface area contributed by atoms with E-state index in [9.17, 15) is 35.4 Å². The van der Waals surface area contributed by atoms with Crippen molar-refractivity contribution in [2.75, 3.05) is 0 Å². The van der Waals surface area contributed by atoms with Crippen molar-refractivity contribution >= 4 is 22.7 Å². The lowest BCUT2D eigenvalue weighted by molar-refractivity contribution is -0.393. The fourth-order valence-electron chi connectivity index (χ4n) is 2.32. The highest BCUT2D eigenvalue weighted by Crippen LogP contribution is 2.33. The summed E-state index contributed by atoms with van der Waals surface area (Å²) in [5.41, 5.74) is -2.80. The minimum absolute atomic E-state index is 0.0265. The van der Waals surface area contributed by atoms with Gasteiger partial charge in [-0.2, -0.15) is 5.26 Å². The van der Waals surface area contributed by atoms with Gasteiger partial charge in [0.2, 0.25) is 5.88 Å². The topological polar surface area (TPSA) is 177 Å². The van der Waals surface area contributed by atoms with E-state index in [0.29, 0.717) is 0 Å². The molecule has 12 nitrogen and oxygen atoms in total. The number of hydrogen-bond acceptors (Lipinski definition) is 9. The van der Waals surface area contributed by atoms with Crippen LogP contribution in [0.3, 0.4) is 0 Å². The lowest BCUT2D eigenvalue weighted by Crippen LogP contribution is -2.21. The molecule has 0 aliphatic heterocycles. The van der Waals surface area contributed by atoms with Crippen molar-refractivity contribution in [3.8, 4) is 11.9 Å². The molecule has 0 aliphatic rings. The molecule has 0 fully saturated rings. The number of allylic oxidation sites excluding steroid dienone is 1. The number of nitrogens with zero attached hydrogens (tertiary/aromatic N) is 6. The first-order chi connectivity index (χ1) is 13.2. The zero-order valence-electron chi connectivity index (χ0n) is 14.4. The van der Waals surface area contributed by atoms with Gasteiger partial charge in [-0.05, 0) is 13.0 Å². The van der Waals surface area contributed by atoms with Crippen LogP contribution in [-0.4, -0.2) is 19.5 Å². The second-order valence-electron chi connectivity index (χ2n) is 5.38. The lowest BCUT2D eigenvalue weighted by atomic mass is 10.1. The molecule has 0 unspecified atom stereocenters. The molecular weight excluding hydrogens is 372 g/mol. The zero-order valence-corrected chi connectivity index (χ0v) is 14.4. The predicted octanol–water partition coefficient (Wildman–Crippen LogP) is 3.15. The number of aromatic hydroxyl groups is 1. The van der Waals surface area contributed by atoms with Crippen molar-refractivity contribution < 1.29 is 15.0 Å². The van der Waals surface area contributed by atoms with Crippen LogP contribution in [0.15, 0.2) is 45.9 Å². The van der Waals surface area contributed by atoms with Gasteiger partial charge < -0.3 is 5.11 Å². The number of rotatable bonds is 6. The van der Waals surface area contributed by atoms with Crippen LogP contribution in [0.4, 0.5) is 22.7 Å². The first-order valence-corrected chi connectivity index (χ1v) is 7.54. The maximum Gasteiger partial charge on any atom is 0.303 e. The molecule has 12 heteroatoms. The molecule has 1 aromatic carbocycles. The largest absolute Gasteiger partial charge is 0.493 e. The summed E-state index contributed by atoms with van der Waals surface area (Å²) in [6.45, 7) is 4.70. The molecule has 2 aromatic rings. The second kappa shape index (κ2) is 7.87. The lowest BCUT2D eigenvalue weighted by Gasteiger charge is -2.11. The number of nitro benzene ring substituents is 2. The molecule has 0 saturated carbocycles. The summed E-state index contributed by atoms with van der Waals surface area (Å²) in [4.78, 5) is 32.8. The summed E-state index contributed by atoms with van der Waals surface area (Å²) >= 11 is 0. The smallest absolute Gasteiger partial charge is 0.303 e. The van der Waals surface area contributed by atoms with Gasteiger partial charge in [0.15, 0.2) is 11.4 Å². The highest BCUT2D eigenvalue weighted by Gasteiger charge is 2.21. The summed E-state index contributed by atoms with van der Waals surface area (Å²) < 4.78 is 0.844. The van der Waals surface area contributed by atoms with Crippen LogP contribution < -0.4 is 5.56 Å². The number of aromatic nitrogens is 1. The van der Waals surface area contributed by atoms with E-state index in [0.717, 1.165) is 22.8 Å². The van der Waals surface area contributed by atoms with E-state index in [-0.39, 0.29) is 29.0 Å². The molecule has 0 atom stereocenters. The van der Waals surface area contributed by atoms with Gasteiger partial charge in [-0.15, -0.1) is 16.8 Å². The molecule has 0 aliphatic carbocycles. The van der Waals surface area contributed by atoms with Crippen LogP contribution in [0.1, 0.15) is 11.1 Å². The van der Waals surface area contributed by atoms with Crippen molar-refractivity contribution in [3.63, 3.8) is 0 Å². The fraction of sp³-hybridized carbons (Fsp3) is 0.125. The molecule has 0 saturated heterocycles. The molecule has 1 aromatic heterocycles. The second-order valence-corrected chi connectivity index (χ2v) is 5.38. The molecule has 0 amide bonds. The first-order valence-electron chi connectivity index (χ1n) is 7.54. The van der Waals surface area contributed by atoms with Gasteiger partial charge in [-0.3, -0.25) is 29.6 Å². The van der Waals surface area contributed by atoms with Crippen molar-refractivity contribution in [1.29, 1.82) is 5.26 Å². The fourth-order valence-corrected chi connectivity index (χ4v) is 2.32. The van der Waals surface area contributed by atoms with Crippen molar-refractivity contribution in [3.05, 3.63) is 72.6 Å². The van der Waals surface area contributed by atoms with Gasteiger partial charge in [-0.25, -0.2) is 0 Å². The highest BCUT2D eigenvalue weighted by molar-refractivity contribution is 5.62. The van der Waals surface area contributed by atoms with E-state index in [4.69, 9.17) is 0 Å². The molecule has 1 N–H and O–H groups in total. The quantitative estimate of drug-likeness (QED) is 0.344. The Balaban J connectivity index is 2.68. The maximum atomic E-state index is 12.5. The Hall–Kier alpha value is -4.40. The zero-order chi connectivity index (χ0) is 21.0. The summed E-state index contributed by atoms with van der Waals surface area (Å²) in [7, 11) is 0. The normalized spacial score (nSPS) is 10.6. The maximum absolute atomic E-state index is 12.5. The molecule has 142 valence electrons. The molecule has 0 radical (unpaired) electrons. The molecule has 0 bridgehead atoms. The molecule has 28 heavy (non-hydrogen) atoms. The van der Waals surface area contributed by atoms with E-state index < -0.39 is 32.7 Å². The average Bonchev–Trinajstić information content (AvgIpc) is 2.65. The predicted molar refractivity (Wildman–Crippen MR) is 95.9 cm³/mol. The number of pyridine rings is 1. The Morgan fingerprint density at radius 1 is 1.32 bits per heavy atom. The van der Waals surface area contributed by atoms with Gasteiger partial charge in [0.25, 0.3) is 11.2 Å². The van der Waals surface area contributed by atoms with Gasteiger partial charge >= 0.3 is 5.69 Å². The number of azo groups is 1. The van der Waals surface area contributed by atoms with E-state index in [2.05, 4.69) is 16.8 Å². The highest BCUT2D eigenvalue weighted by atomic mass is 16.6. The third-order valence-corrected chi connectivity index (χ3v) is 3.70. The Morgan fingerprint density at radius 3 is 2.54 bits per heavy atom. The van der Waals surface area contributed by atoms with Crippen molar-refractivity contribution in [1.82, 2.24) is 4.57 Å². The van der Waals surface area contributed by atoms with Crippen LogP contribution in [0, 0.1) is 38.5 Å². The van der Waals surface area contributed by atoms with Crippen LogP contribution in [0.25, 0.3) is 0 Å². The van der Waals surface area contributed by atoms with E-state index >= 15 is 0 Å².